The molecule has 0 radical (unpaired) electrons. The highest BCUT2D eigenvalue weighted by atomic mass is 31.2. The molecule has 8 rings (SSSR count). The minimum Gasteiger partial charge on any atom is -0.497 e. The van der Waals surface area contributed by atoms with Gasteiger partial charge in [0.1, 0.15) is 40.2 Å². The topological polar surface area (TPSA) is 73.8 Å². The maximum absolute atomic E-state index is 7.43. The first-order chi connectivity index (χ1) is 32.3. The normalized spacial score (nSPS) is 12.7. The minimum atomic E-state index is -2.07. The molecule has 0 aliphatic carbocycles. The van der Waals surface area contributed by atoms with Gasteiger partial charge >= 0.3 is 17.0 Å². The maximum atomic E-state index is 7.43. The van der Waals surface area contributed by atoms with Crippen LogP contribution in [0.5, 0.6) is 40.2 Å². The van der Waals surface area contributed by atoms with Crippen LogP contribution in [0.15, 0.2) is 164 Å². The summed E-state index contributed by atoms with van der Waals surface area (Å²) in [7, 11) is -0.575. The molecule has 344 valence electrons. The number of hydrogen-bond acceptors (Lipinski definition) is 8. The van der Waals surface area contributed by atoms with E-state index in [1.807, 2.05) is 97.1 Å². The molecule has 10 heteroatoms. The first kappa shape index (κ1) is 47.2. The molecule has 0 saturated carbocycles. The van der Waals surface area contributed by atoms with Crippen LogP contribution in [-0.4, -0.2) is 27.2 Å². The summed E-state index contributed by atoms with van der Waals surface area (Å²) in [6.45, 7) is 17.2. The van der Waals surface area contributed by atoms with E-state index in [4.69, 9.17) is 36.8 Å². The Labute approximate surface area is 397 Å². The third-order valence-corrected chi connectivity index (χ3v) is 13.3. The SMILES string of the molecule is C=CCOP(Oc1c(-c2cc(OC)cc(CC(C)(C)C)c2OP(COc2cccc3ccccc23)Oc2cccc3ccccc23)cc(OC)cc1C(C)(C)C)Oc1cccc2ccccc12. The molecule has 0 heterocycles. The fraction of sp³-hybridized carbons (Fsp3) is 0.228. The Bertz CT molecular complexity index is 2990. The number of rotatable bonds is 18. The Hall–Kier alpha value is -6.30. The van der Waals surface area contributed by atoms with Crippen LogP contribution in [0, 0.1) is 5.41 Å². The molecule has 0 fully saturated rings. The van der Waals surface area contributed by atoms with Crippen molar-refractivity contribution >= 4 is 49.3 Å². The molecule has 2 atom stereocenters. The zero-order valence-corrected chi connectivity index (χ0v) is 41.3. The van der Waals surface area contributed by atoms with E-state index in [9.17, 15) is 0 Å². The number of fused-ring (bicyclic) bond motifs is 3. The molecule has 8 nitrogen and oxygen atoms in total. The van der Waals surface area contributed by atoms with Crippen LogP contribution in [0.25, 0.3) is 43.4 Å². The Morgan fingerprint density at radius 2 is 1.01 bits per heavy atom. The molecule has 2 unspecified atom stereocenters. The fourth-order valence-electron chi connectivity index (χ4n) is 7.98. The summed E-state index contributed by atoms with van der Waals surface area (Å²) in [5, 5.41) is 6.07. The van der Waals surface area contributed by atoms with Crippen LogP contribution in [0.4, 0.5) is 0 Å². The lowest BCUT2D eigenvalue weighted by Gasteiger charge is -2.30. The van der Waals surface area contributed by atoms with Crippen molar-refractivity contribution in [1.29, 1.82) is 0 Å². The van der Waals surface area contributed by atoms with Crippen LogP contribution in [0.3, 0.4) is 0 Å². The summed E-state index contributed by atoms with van der Waals surface area (Å²) >= 11 is 0. The highest BCUT2D eigenvalue weighted by molar-refractivity contribution is 7.48. The molecular weight excluding hydrogens is 875 g/mol. The van der Waals surface area contributed by atoms with E-state index in [2.05, 4.69) is 103 Å². The van der Waals surface area contributed by atoms with Gasteiger partial charge in [0.2, 0.25) is 0 Å². The zero-order chi connectivity index (χ0) is 47.1. The van der Waals surface area contributed by atoms with Crippen molar-refractivity contribution in [3.63, 3.8) is 0 Å². The van der Waals surface area contributed by atoms with Crippen molar-refractivity contribution in [3.8, 4) is 51.4 Å². The number of hydrogen-bond donors (Lipinski definition) is 0. The van der Waals surface area contributed by atoms with Crippen LogP contribution in [0.2, 0.25) is 0 Å². The van der Waals surface area contributed by atoms with Crippen molar-refractivity contribution in [1.82, 2.24) is 0 Å². The molecule has 0 bridgehead atoms. The number of ether oxygens (including phenoxy) is 3. The molecule has 0 aromatic heterocycles. The summed E-state index contributed by atoms with van der Waals surface area (Å²) in [6.07, 6.45) is 2.44. The average Bonchev–Trinajstić information content (AvgIpc) is 3.32. The smallest absolute Gasteiger partial charge is 0.463 e. The summed E-state index contributed by atoms with van der Waals surface area (Å²) in [6, 6.07) is 50.6. The second-order valence-corrected chi connectivity index (χ2v) is 20.8. The van der Waals surface area contributed by atoms with E-state index in [1.165, 1.54) is 0 Å². The molecule has 0 spiro atoms. The summed E-state index contributed by atoms with van der Waals surface area (Å²) in [5.41, 5.74) is 2.59. The van der Waals surface area contributed by atoms with Crippen LogP contribution in [0.1, 0.15) is 52.7 Å². The first-order valence-electron chi connectivity index (χ1n) is 22.3. The monoisotopic (exact) mass is 932 g/mol. The van der Waals surface area contributed by atoms with Gasteiger partial charge in [0.05, 0.1) is 20.8 Å². The van der Waals surface area contributed by atoms with Crippen LogP contribution in [-0.2, 0) is 16.4 Å². The average molecular weight is 933 g/mol. The second-order valence-electron chi connectivity index (χ2n) is 18.4. The molecule has 0 aliphatic rings. The summed E-state index contributed by atoms with van der Waals surface area (Å²) < 4.78 is 53.6. The van der Waals surface area contributed by atoms with E-state index in [0.717, 1.165) is 49.2 Å². The van der Waals surface area contributed by atoms with E-state index in [-0.39, 0.29) is 18.4 Å². The number of methoxy groups -OCH3 is 2. The Kier molecular flexibility index (Phi) is 14.6. The van der Waals surface area contributed by atoms with Crippen molar-refractivity contribution < 1.29 is 36.8 Å². The predicted molar refractivity (Wildman–Crippen MR) is 277 cm³/mol. The summed E-state index contributed by atoms with van der Waals surface area (Å²) in [4.78, 5) is 0. The molecule has 8 aromatic carbocycles. The minimum absolute atomic E-state index is 0.112. The molecule has 0 aliphatic heterocycles. The third kappa shape index (κ3) is 11.3. The van der Waals surface area contributed by atoms with Gasteiger partial charge in [-0.1, -0.05) is 157 Å². The Morgan fingerprint density at radius 3 is 1.55 bits per heavy atom. The Balaban J connectivity index is 1.32. The van der Waals surface area contributed by atoms with Gasteiger partial charge in [-0.05, 0) is 81.4 Å². The quantitative estimate of drug-likeness (QED) is 0.0622. The first-order valence-corrected chi connectivity index (χ1v) is 24.8. The van der Waals surface area contributed by atoms with Crippen molar-refractivity contribution in [2.24, 2.45) is 5.41 Å². The molecule has 0 N–H and O–H groups in total. The molecule has 8 aromatic rings. The highest BCUT2D eigenvalue weighted by Crippen LogP contribution is 2.55. The largest absolute Gasteiger partial charge is 0.497 e. The lowest BCUT2D eigenvalue weighted by atomic mass is 9.83. The number of benzene rings is 8. The maximum Gasteiger partial charge on any atom is 0.463 e. The standard InChI is InChI=1S/C57H58O8P2/c1-10-32-61-67(63-53-31-19-25-41-22-13-16-28-47(41)53)65-55-49(35-44(59-9)36-50(55)57(5,6)7)48-34-43(58-8)33-42(37-56(2,3)4)54(48)64-66(62-52-30-18-24-40-21-12-15-27-46(40)52)38-60-51-29-17-23-39-20-11-14-26-45(39)51/h10-31,33-36H,1,32,37-38H2,2-9H3. The lowest BCUT2D eigenvalue weighted by molar-refractivity contribution is 0.293. The zero-order valence-electron chi connectivity index (χ0n) is 39.5. The van der Waals surface area contributed by atoms with E-state index >= 15 is 0 Å². The van der Waals surface area contributed by atoms with Crippen LogP contribution < -0.4 is 32.3 Å². The molecule has 0 saturated heterocycles. The Morgan fingerprint density at radius 1 is 0.522 bits per heavy atom. The molecule has 67 heavy (non-hydrogen) atoms. The van der Waals surface area contributed by atoms with Gasteiger partial charge in [-0.15, -0.1) is 6.58 Å². The fourth-order valence-corrected chi connectivity index (χ4v) is 10.2. The van der Waals surface area contributed by atoms with E-state index in [0.29, 0.717) is 52.0 Å². The molecular formula is C57H58O8P2. The van der Waals surface area contributed by atoms with Crippen molar-refractivity contribution in [3.05, 3.63) is 175 Å². The van der Waals surface area contributed by atoms with Gasteiger partial charge in [-0.3, -0.25) is 4.52 Å². The molecule has 0 amide bonds. The third-order valence-electron chi connectivity index (χ3n) is 11.1. The highest BCUT2D eigenvalue weighted by Gasteiger charge is 2.33. The van der Waals surface area contributed by atoms with Gasteiger partial charge in [0.15, 0.2) is 6.35 Å². The van der Waals surface area contributed by atoms with Crippen molar-refractivity contribution in [2.75, 3.05) is 27.2 Å². The van der Waals surface area contributed by atoms with Gasteiger partial charge in [-0.2, -0.15) is 0 Å². The second kappa shape index (κ2) is 20.7. The summed E-state index contributed by atoms with van der Waals surface area (Å²) in [5.74, 6) is 4.50. The van der Waals surface area contributed by atoms with Gasteiger partial charge in [0.25, 0.3) is 0 Å². The lowest BCUT2D eigenvalue weighted by Crippen LogP contribution is -2.15. The van der Waals surface area contributed by atoms with Gasteiger partial charge in [-0.25, -0.2) is 0 Å². The van der Waals surface area contributed by atoms with Crippen LogP contribution >= 0.6 is 17.0 Å². The van der Waals surface area contributed by atoms with E-state index in [1.54, 1.807) is 20.3 Å². The van der Waals surface area contributed by atoms with E-state index < -0.39 is 22.4 Å². The van der Waals surface area contributed by atoms with Gasteiger partial charge < -0.3 is 32.3 Å². The predicted octanol–water partition coefficient (Wildman–Crippen LogP) is 16.4. The van der Waals surface area contributed by atoms with Crippen molar-refractivity contribution in [2.45, 2.75) is 53.4 Å². The van der Waals surface area contributed by atoms with Gasteiger partial charge in [0, 0.05) is 32.8 Å².